The topological polar surface area (TPSA) is 153 Å². The molecule has 0 radical (unpaired) electrons. The minimum atomic E-state index is -1.48. The molecule has 0 aliphatic carbocycles. The third kappa shape index (κ3) is 2.30. The van der Waals surface area contributed by atoms with Crippen molar-refractivity contribution < 1.29 is 19.3 Å². The van der Waals surface area contributed by atoms with Crippen LogP contribution in [-0.2, 0) is 4.74 Å². The van der Waals surface area contributed by atoms with Crippen molar-refractivity contribution in [3.63, 3.8) is 0 Å². The zero-order valence-electron chi connectivity index (χ0n) is 9.88. The number of nitrogens with zero attached hydrogens (tertiary/aromatic N) is 4. The number of H-pyrrole nitrogens is 1. The van der Waals surface area contributed by atoms with Crippen molar-refractivity contribution >= 4 is 0 Å². The Morgan fingerprint density at radius 1 is 1.60 bits per heavy atom. The van der Waals surface area contributed by atoms with E-state index >= 15 is 0 Å². The van der Waals surface area contributed by atoms with Crippen molar-refractivity contribution in [1.82, 2.24) is 9.55 Å². The van der Waals surface area contributed by atoms with Crippen LogP contribution in [0.25, 0.3) is 10.4 Å². The van der Waals surface area contributed by atoms with E-state index in [1.807, 2.05) is 0 Å². The lowest BCUT2D eigenvalue weighted by atomic mass is 10.1. The first-order chi connectivity index (χ1) is 9.49. The van der Waals surface area contributed by atoms with Crippen LogP contribution in [0.4, 0.5) is 4.39 Å². The van der Waals surface area contributed by atoms with Gasteiger partial charge in [-0.05, 0) is 5.53 Å². The summed E-state index contributed by atoms with van der Waals surface area (Å²) in [5.41, 5.74) is 6.18. The maximum absolute atomic E-state index is 13.2. The molecule has 2 heterocycles. The van der Waals surface area contributed by atoms with Crippen molar-refractivity contribution in [2.75, 3.05) is 6.61 Å². The van der Waals surface area contributed by atoms with Crippen molar-refractivity contribution in [2.45, 2.75) is 24.5 Å². The van der Waals surface area contributed by atoms with Crippen LogP contribution in [0.1, 0.15) is 6.23 Å². The van der Waals surface area contributed by atoms with Crippen molar-refractivity contribution in [3.05, 3.63) is 43.3 Å². The van der Waals surface area contributed by atoms with Crippen molar-refractivity contribution in [1.29, 1.82) is 0 Å². The molecule has 0 spiro atoms. The molecular weight excluding hydrogens is 277 g/mol. The molecule has 0 unspecified atom stereocenters. The quantitative estimate of drug-likeness (QED) is 0.354. The summed E-state index contributed by atoms with van der Waals surface area (Å²) in [6.07, 6.45) is -3.34. The monoisotopic (exact) mass is 287 g/mol. The Kier molecular flexibility index (Phi) is 3.86. The number of rotatable bonds is 3. The molecule has 11 heteroatoms. The molecule has 1 fully saturated rings. The van der Waals surface area contributed by atoms with E-state index in [2.05, 4.69) is 10.0 Å². The van der Waals surface area contributed by atoms with E-state index in [9.17, 15) is 19.1 Å². The number of aliphatic hydroxyl groups is 2. The lowest BCUT2D eigenvalue weighted by molar-refractivity contribution is -0.0536. The minimum absolute atomic E-state index is 0.571. The highest BCUT2D eigenvalue weighted by Crippen LogP contribution is 2.30. The van der Waals surface area contributed by atoms with Crippen LogP contribution in [0.5, 0.6) is 0 Å². The van der Waals surface area contributed by atoms with Gasteiger partial charge in [0, 0.05) is 4.91 Å². The van der Waals surface area contributed by atoms with Gasteiger partial charge in [-0.3, -0.25) is 14.3 Å². The first-order valence-electron chi connectivity index (χ1n) is 5.49. The molecule has 4 atom stereocenters. The number of aliphatic hydroxyl groups excluding tert-OH is 2. The summed E-state index contributed by atoms with van der Waals surface area (Å²) >= 11 is 0. The van der Waals surface area contributed by atoms with E-state index in [0.29, 0.717) is 10.8 Å². The fourth-order valence-electron chi connectivity index (χ4n) is 1.96. The number of aromatic nitrogens is 2. The fourth-order valence-corrected chi connectivity index (χ4v) is 1.96. The van der Waals surface area contributed by atoms with Gasteiger partial charge >= 0.3 is 5.69 Å². The molecule has 1 aliphatic rings. The van der Waals surface area contributed by atoms with Crippen LogP contribution in [0.2, 0.25) is 0 Å². The van der Waals surface area contributed by atoms with Gasteiger partial charge in [-0.2, -0.15) is 4.39 Å². The highest BCUT2D eigenvalue weighted by atomic mass is 19.1. The Hall–Kier alpha value is -2.20. The van der Waals surface area contributed by atoms with Gasteiger partial charge in [0.05, 0.1) is 24.9 Å². The third-order valence-electron chi connectivity index (χ3n) is 2.90. The van der Waals surface area contributed by atoms with Gasteiger partial charge in [-0.1, -0.05) is 5.11 Å². The molecule has 20 heavy (non-hydrogen) atoms. The van der Waals surface area contributed by atoms with Gasteiger partial charge in [-0.25, -0.2) is 4.79 Å². The van der Waals surface area contributed by atoms with Gasteiger partial charge in [-0.15, -0.1) is 0 Å². The van der Waals surface area contributed by atoms with Gasteiger partial charge < -0.3 is 14.9 Å². The van der Waals surface area contributed by atoms with E-state index in [1.165, 1.54) is 0 Å². The summed E-state index contributed by atoms with van der Waals surface area (Å²) in [5.74, 6) is -1.24. The average Bonchev–Trinajstić information content (AvgIpc) is 2.72. The fraction of sp³-hybridized carbons (Fsp3) is 0.556. The van der Waals surface area contributed by atoms with E-state index in [4.69, 9.17) is 15.4 Å². The van der Waals surface area contributed by atoms with E-state index in [1.54, 1.807) is 4.98 Å². The molecule has 10 nitrogen and oxygen atoms in total. The molecule has 0 aromatic carbocycles. The number of ether oxygens (including phenoxy) is 1. The van der Waals surface area contributed by atoms with Crippen LogP contribution in [-0.4, -0.2) is 44.6 Å². The van der Waals surface area contributed by atoms with E-state index in [-0.39, 0.29) is 0 Å². The molecule has 1 aliphatic heterocycles. The average molecular weight is 287 g/mol. The van der Waals surface area contributed by atoms with Gasteiger partial charge in [0.2, 0.25) is 5.82 Å². The zero-order chi connectivity index (χ0) is 14.9. The molecule has 0 amide bonds. The number of aromatic amines is 1. The zero-order valence-corrected chi connectivity index (χ0v) is 9.88. The van der Waals surface area contributed by atoms with Gasteiger partial charge in [0.15, 0.2) is 6.23 Å². The first kappa shape index (κ1) is 14.2. The third-order valence-corrected chi connectivity index (χ3v) is 2.90. The first-order valence-corrected chi connectivity index (χ1v) is 5.49. The summed E-state index contributed by atoms with van der Waals surface area (Å²) in [7, 11) is 0. The predicted molar refractivity (Wildman–Crippen MR) is 61.2 cm³/mol. The lowest BCUT2D eigenvalue weighted by Crippen LogP contribution is -2.38. The highest BCUT2D eigenvalue weighted by Gasteiger charge is 2.44. The maximum Gasteiger partial charge on any atom is 0.330 e. The Morgan fingerprint density at radius 2 is 2.30 bits per heavy atom. The maximum atomic E-state index is 13.2. The Bertz CT molecular complexity index is 665. The summed E-state index contributed by atoms with van der Waals surface area (Å²) in [5, 5.41) is 22.3. The van der Waals surface area contributed by atoms with Crippen molar-refractivity contribution in [3.8, 4) is 0 Å². The molecule has 108 valence electrons. The van der Waals surface area contributed by atoms with Crippen LogP contribution in [0.3, 0.4) is 0 Å². The second kappa shape index (κ2) is 5.43. The van der Waals surface area contributed by atoms with Crippen LogP contribution in [0, 0.1) is 5.82 Å². The Labute approximate surface area is 109 Å². The molecule has 0 saturated carbocycles. The highest BCUT2D eigenvalue weighted by molar-refractivity contribution is 4.97. The number of azide groups is 1. The smallest absolute Gasteiger partial charge is 0.330 e. The number of hydrogen-bond donors (Lipinski definition) is 3. The molecule has 0 bridgehead atoms. The Morgan fingerprint density at radius 3 is 2.90 bits per heavy atom. The largest absolute Gasteiger partial charge is 0.394 e. The number of nitrogens with one attached hydrogen (secondary N) is 1. The minimum Gasteiger partial charge on any atom is -0.394 e. The normalized spacial score (nSPS) is 29.1. The molecule has 1 saturated heterocycles. The predicted octanol–water partition coefficient (Wildman–Crippen LogP) is -1.39. The molecule has 1 aromatic rings. The number of halogens is 1. The summed E-state index contributed by atoms with van der Waals surface area (Å²) in [6, 6.07) is -1.14. The molecular formula is C9H10FN5O5. The summed E-state index contributed by atoms with van der Waals surface area (Å²) in [4.78, 5) is 26.7. The van der Waals surface area contributed by atoms with Crippen molar-refractivity contribution in [2.24, 2.45) is 5.11 Å². The standard InChI is InChI=1S/C9H10FN5O5/c10-3-1-15(9(19)12-7(3)18)8-6(17)5(13-14-11)4(2-16)20-8/h1,4-6,8,16-17H,2H2,(H,12,18,19)/t4-,5-,6-,8-/m1/s1. The Balaban J connectivity index is 2.44. The van der Waals surface area contributed by atoms with Crippen LogP contribution >= 0.6 is 0 Å². The SMILES string of the molecule is [N-]=[N+]=N[C@H]1[C@@H](O)[C@H](n2cc(F)c(=O)[nH]c2=O)O[C@@H]1CO. The van der Waals surface area contributed by atoms with E-state index < -0.39 is 48.2 Å². The molecule has 1 aromatic heterocycles. The second-order valence-electron chi connectivity index (χ2n) is 4.08. The second-order valence-corrected chi connectivity index (χ2v) is 4.08. The van der Waals surface area contributed by atoms with Crippen LogP contribution in [0.15, 0.2) is 20.9 Å². The number of hydrogen-bond acceptors (Lipinski definition) is 6. The molecule has 3 N–H and O–H groups in total. The molecule has 2 rings (SSSR count). The van der Waals surface area contributed by atoms with E-state index in [0.717, 1.165) is 0 Å². The summed E-state index contributed by atoms with van der Waals surface area (Å²) < 4.78 is 19.0. The van der Waals surface area contributed by atoms with Gasteiger partial charge in [0.1, 0.15) is 6.10 Å². The summed E-state index contributed by atoms with van der Waals surface area (Å²) in [6.45, 7) is -0.572. The lowest BCUT2D eigenvalue weighted by Gasteiger charge is -2.17. The van der Waals surface area contributed by atoms with Gasteiger partial charge in [0.25, 0.3) is 5.56 Å². The van der Waals surface area contributed by atoms with Crippen LogP contribution < -0.4 is 11.2 Å².